The number of carbonyl (C=O) groups is 1. The Morgan fingerprint density at radius 3 is 2.57 bits per heavy atom. The minimum absolute atomic E-state index is 0. The third-order valence-corrected chi connectivity index (χ3v) is 3.54. The number of nitrogens with one attached hydrogen (secondary N) is 2. The van der Waals surface area contributed by atoms with E-state index in [4.69, 9.17) is 4.74 Å². The van der Waals surface area contributed by atoms with Crippen LogP contribution in [0.1, 0.15) is 25.3 Å². The summed E-state index contributed by atoms with van der Waals surface area (Å²) < 4.78 is 42.5. The Kier molecular flexibility index (Phi) is 7.15. The Labute approximate surface area is 139 Å². The first-order valence-electron chi connectivity index (χ1n) is 7.17. The van der Waals surface area contributed by atoms with Gasteiger partial charge in [0, 0.05) is 12.1 Å². The number of ether oxygens (including phenoxy) is 1. The maximum Gasteiger partial charge on any atom is 0.416 e. The zero-order valence-corrected chi connectivity index (χ0v) is 13.5. The van der Waals surface area contributed by atoms with Gasteiger partial charge in [0.1, 0.15) is 5.75 Å². The second-order valence-electron chi connectivity index (χ2n) is 5.45. The molecule has 0 bridgehead atoms. The number of piperidine rings is 1. The quantitative estimate of drug-likeness (QED) is 0.876. The maximum absolute atomic E-state index is 12.4. The fourth-order valence-electron chi connectivity index (χ4n) is 2.42. The predicted octanol–water partition coefficient (Wildman–Crippen LogP) is 2.76. The standard InChI is InChI=1S/C15H19F3N2O2.ClH/c1-10-8-12(6-7-19-10)20-14(21)9-22-13-4-2-11(3-5-13)15(16,17)18;/h2-5,10,12,19H,6-9H2,1H3,(H,20,21);1H. The minimum Gasteiger partial charge on any atom is -0.484 e. The molecule has 1 aliphatic rings. The Hall–Kier alpha value is -1.47. The van der Waals surface area contributed by atoms with Crippen molar-refractivity contribution in [2.75, 3.05) is 13.2 Å². The van der Waals surface area contributed by atoms with Crippen molar-refractivity contribution in [1.82, 2.24) is 10.6 Å². The van der Waals surface area contributed by atoms with Gasteiger partial charge in [-0.05, 0) is 50.6 Å². The number of amides is 1. The smallest absolute Gasteiger partial charge is 0.416 e. The van der Waals surface area contributed by atoms with Crippen molar-refractivity contribution in [2.45, 2.75) is 38.0 Å². The van der Waals surface area contributed by atoms with Gasteiger partial charge in [-0.1, -0.05) is 0 Å². The molecule has 1 aromatic carbocycles. The van der Waals surface area contributed by atoms with Crippen molar-refractivity contribution in [3.63, 3.8) is 0 Å². The van der Waals surface area contributed by atoms with Crippen LogP contribution in [0.25, 0.3) is 0 Å². The fourth-order valence-corrected chi connectivity index (χ4v) is 2.42. The molecule has 0 aliphatic carbocycles. The molecule has 1 amide bonds. The number of carbonyl (C=O) groups excluding carboxylic acids is 1. The van der Waals surface area contributed by atoms with E-state index >= 15 is 0 Å². The summed E-state index contributed by atoms with van der Waals surface area (Å²) in [6.07, 6.45) is -2.66. The number of hydrogen-bond acceptors (Lipinski definition) is 3. The molecule has 0 radical (unpaired) electrons. The molecule has 0 saturated carbocycles. The SMILES string of the molecule is CC1CC(NC(=O)COc2ccc(C(F)(F)F)cc2)CCN1.Cl. The highest BCUT2D eigenvalue weighted by atomic mass is 35.5. The molecular formula is C15H20ClF3N2O2. The Bertz CT molecular complexity index is 508. The van der Waals surface area contributed by atoms with Gasteiger partial charge >= 0.3 is 6.18 Å². The van der Waals surface area contributed by atoms with Crippen LogP contribution in [0.2, 0.25) is 0 Å². The number of benzene rings is 1. The molecule has 1 aliphatic heterocycles. The van der Waals surface area contributed by atoms with Gasteiger partial charge in [-0.2, -0.15) is 13.2 Å². The second kappa shape index (κ2) is 8.40. The number of hydrogen-bond donors (Lipinski definition) is 2. The predicted molar refractivity (Wildman–Crippen MR) is 82.8 cm³/mol. The van der Waals surface area contributed by atoms with Gasteiger partial charge in [-0.25, -0.2) is 0 Å². The first kappa shape index (κ1) is 19.6. The van der Waals surface area contributed by atoms with E-state index in [-0.39, 0.29) is 36.7 Å². The largest absolute Gasteiger partial charge is 0.484 e. The molecule has 1 heterocycles. The van der Waals surface area contributed by atoms with Gasteiger partial charge in [-0.3, -0.25) is 4.79 Å². The zero-order chi connectivity index (χ0) is 16.2. The summed E-state index contributed by atoms with van der Waals surface area (Å²) in [5, 5.41) is 6.16. The number of rotatable bonds is 4. The highest BCUT2D eigenvalue weighted by Gasteiger charge is 2.30. The normalized spacial score (nSPS) is 21.2. The van der Waals surface area contributed by atoms with E-state index in [0.717, 1.165) is 31.5 Å². The van der Waals surface area contributed by atoms with Crippen LogP contribution in [0.5, 0.6) is 5.75 Å². The molecule has 2 atom stereocenters. The summed E-state index contributed by atoms with van der Waals surface area (Å²) in [7, 11) is 0. The van der Waals surface area contributed by atoms with Gasteiger partial charge in [0.15, 0.2) is 6.61 Å². The van der Waals surface area contributed by atoms with Crippen LogP contribution in [-0.2, 0) is 11.0 Å². The summed E-state index contributed by atoms with van der Waals surface area (Å²) in [5.41, 5.74) is -0.743. The second-order valence-corrected chi connectivity index (χ2v) is 5.45. The molecule has 2 unspecified atom stereocenters. The molecule has 8 heteroatoms. The summed E-state index contributed by atoms with van der Waals surface area (Å²) in [4.78, 5) is 11.8. The lowest BCUT2D eigenvalue weighted by atomic mass is 10.0. The van der Waals surface area contributed by atoms with E-state index in [0.29, 0.717) is 6.04 Å². The maximum atomic E-state index is 12.4. The molecule has 23 heavy (non-hydrogen) atoms. The van der Waals surface area contributed by atoms with Gasteiger partial charge in [0.25, 0.3) is 5.91 Å². The molecular weight excluding hydrogens is 333 g/mol. The Morgan fingerprint density at radius 2 is 2.00 bits per heavy atom. The molecule has 4 nitrogen and oxygen atoms in total. The zero-order valence-electron chi connectivity index (χ0n) is 12.7. The van der Waals surface area contributed by atoms with Crippen LogP contribution < -0.4 is 15.4 Å². The fraction of sp³-hybridized carbons (Fsp3) is 0.533. The van der Waals surface area contributed by atoms with E-state index in [1.165, 1.54) is 12.1 Å². The van der Waals surface area contributed by atoms with E-state index < -0.39 is 11.7 Å². The van der Waals surface area contributed by atoms with Crippen LogP contribution in [0.3, 0.4) is 0 Å². The number of alkyl halides is 3. The van der Waals surface area contributed by atoms with Crippen LogP contribution in [-0.4, -0.2) is 31.1 Å². The molecule has 2 rings (SSSR count). The third kappa shape index (κ3) is 6.27. The van der Waals surface area contributed by atoms with Crippen LogP contribution in [0.15, 0.2) is 24.3 Å². The molecule has 2 N–H and O–H groups in total. The highest BCUT2D eigenvalue weighted by molar-refractivity contribution is 5.85. The summed E-state index contributed by atoms with van der Waals surface area (Å²) in [5.74, 6) is -0.0270. The van der Waals surface area contributed by atoms with Gasteiger partial charge in [0.05, 0.1) is 5.56 Å². The topological polar surface area (TPSA) is 50.4 Å². The summed E-state index contributed by atoms with van der Waals surface area (Å²) in [6.45, 7) is 2.70. The van der Waals surface area contributed by atoms with Crippen molar-refractivity contribution in [3.8, 4) is 5.75 Å². The van der Waals surface area contributed by atoms with Gasteiger partial charge in [0.2, 0.25) is 0 Å². The average molecular weight is 353 g/mol. The van der Waals surface area contributed by atoms with Crippen molar-refractivity contribution < 1.29 is 22.7 Å². The van der Waals surface area contributed by atoms with Crippen molar-refractivity contribution in [2.24, 2.45) is 0 Å². The molecule has 1 aromatic rings. The van der Waals surface area contributed by atoms with Crippen molar-refractivity contribution in [1.29, 1.82) is 0 Å². The third-order valence-electron chi connectivity index (χ3n) is 3.54. The molecule has 1 fully saturated rings. The first-order chi connectivity index (χ1) is 10.3. The molecule has 0 aromatic heterocycles. The minimum atomic E-state index is -4.37. The monoisotopic (exact) mass is 352 g/mol. The van der Waals surface area contributed by atoms with Crippen LogP contribution in [0, 0.1) is 0 Å². The Morgan fingerprint density at radius 1 is 1.35 bits per heavy atom. The summed E-state index contributed by atoms with van der Waals surface area (Å²) >= 11 is 0. The lowest BCUT2D eigenvalue weighted by molar-refractivity contribution is -0.137. The van der Waals surface area contributed by atoms with Gasteiger partial charge < -0.3 is 15.4 Å². The summed E-state index contributed by atoms with van der Waals surface area (Å²) in [6, 6.07) is 4.75. The van der Waals surface area contributed by atoms with E-state index in [2.05, 4.69) is 17.6 Å². The lowest BCUT2D eigenvalue weighted by Gasteiger charge is -2.28. The van der Waals surface area contributed by atoms with Crippen LogP contribution in [0.4, 0.5) is 13.2 Å². The molecule has 1 saturated heterocycles. The Balaban J connectivity index is 0.00000264. The van der Waals surface area contributed by atoms with Crippen molar-refractivity contribution >= 4 is 18.3 Å². The highest BCUT2D eigenvalue weighted by Crippen LogP contribution is 2.30. The number of halogens is 4. The van der Waals surface area contributed by atoms with Crippen molar-refractivity contribution in [3.05, 3.63) is 29.8 Å². The van der Waals surface area contributed by atoms with Gasteiger partial charge in [-0.15, -0.1) is 12.4 Å². The van der Waals surface area contributed by atoms with E-state index in [1.807, 2.05) is 0 Å². The van der Waals surface area contributed by atoms with Crippen LogP contribution >= 0.6 is 12.4 Å². The van der Waals surface area contributed by atoms with E-state index in [1.54, 1.807) is 0 Å². The lowest BCUT2D eigenvalue weighted by Crippen LogP contribution is -2.47. The van der Waals surface area contributed by atoms with E-state index in [9.17, 15) is 18.0 Å². The molecule has 0 spiro atoms. The average Bonchev–Trinajstić information content (AvgIpc) is 2.45. The first-order valence-corrected chi connectivity index (χ1v) is 7.17. The molecule has 130 valence electrons.